The molecule has 0 unspecified atom stereocenters. The van der Waals surface area contributed by atoms with Gasteiger partial charge in [-0.15, -0.1) is 0 Å². The fourth-order valence-electron chi connectivity index (χ4n) is 1.87. The molecule has 1 amide bonds. The van der Waals surface area contributed by atoms with Gasteiger partial charge >= 0.3 is 0 Å². The van der Waals surface area contributed by atoms with Gasteiger partial charge in [0.1, 0.15) is 0 Å². The maximum atomic E-state index is 11.8. The summed E-state index contributed by atoms with van der Waals surface area (Å²) in [4.78, 5) is 11.8. The molecule has 1 aromatic rings. The Kier molecular flexibility index (Phi) is 4.80. The van der Waals surface area contributed by atoms with E-state index in [-0.39, 0.29) is 5.91 Å². The molecular weight excluding hydrogens is 240 g/mol. The molecule has 4 heteroatoms. The van der Waals surface area contributed by atoms with E-state index in [1.165, 1.54) is 12.8 Å². The predicted molar refractivity (Wildman–Crippen MR) is 77.0 cm³/mol. The summed E-state index contributed by atoms with van der Waals surface area (Å²) >= 11 is 0. The van der Waals surface area contributed by atoms with Gasteiger partial charge in [-0.25, -0.2) is 0 Å². The van der Waals surface area contributed by atoms with Crippen molar-refractivity contribution >= 4 is 17.3 Å². The van der Waals surface area contributed by atoms with Crippen LogP contribution >= 0.6 is 0 Å². The lowest BCUT2D eigenvalue weighted by Crippen LogP contribution is -2.13. The van der Waals surface area contributed by atoms with Crippen LogP contribution in [0.3, 0.4) is 0 Å². The summed E-state index contributed by atoms with van der Waals surface area (Å²) in [6.07, 6.45) is 3.85. The van der Waals surface area contributed by atoms with Gasteiger partial charge in [0.05, 0.1) is 0 Å². The van der Waals surface area contributed by atoms with E-state index < -0.39 is 0 Å². The Morgan fingerprint density at radius 3 is 3.00 bits per heavy atom. The van der Waals surface area contributed by atoms with E-state index in [0.29, 0.717) is 18.7 Å². The van der Waals surface area contributed by atoms with Crippen LogP contribution in [0.1, 0.15) is 31.2 Å². The van der Waals surface area contributed by atoms with E-state index in [0.717, 1.165) is 30.2 Å². The zero-order chi connectivity index (χ0) is 13.7. The molecule has 0 atom stereocenters. The number of nitrogen functional groups attached to an aromatic ring is 1. The van der Waals surface area contributed by atoms with Gasteiger partial charge in [0.2, 0.25) is 5.91 Å². The molecule has 1 aliphatic rings. The SMILES string of the molecule is Cc1c(N)cccc1NC(=O)CCCOCC1CC1. The van der Waals surface area contributed by atoms with Crippen molar-refractivity contribution < 1.29 is 9.53 Å². The fraction of sp³-hybridized carbons (Fsp3) is 0.533. The molecule has 0 aromatic heterocycles. The number of hydrogen-bond donors (Lipinski definition) is 2. The second kappa shape index (κ2) is 6.57. The van der Waals surface area contributed by atoms with Gasteiger partial charge in [-0.2, -0.15) is 0 Å². The lowest BCUT2D eigenvalue weighted by Gasteiger charge is -2.10. The number of carbonyl (C=O) groups excluding carboxylic acids is 1. The largest absolute Gasteiger partial charge is 0.398 e. The van der Waals surface area contributed by atoms with Crippen LogP contribution in [0.2, 0.25) is 0 Å². The number of amides is 1. The highest BCUT2D eigenvalue weighted by molar-refractivity contribution is 5.92. The highest BCUT2D eigenvalue weighted by Crippen LogP contribution is 2.28. The van der Waals surface area contributed by atoms with E-state index in [9.17, 15) is 4.79 Å². The van der Waals surface area contributed by atoms with Crippen LogP contribution in [0.4, 0.5) is 11.4 Å². The first-order chi connectivity index (χ1) is 9.16. The average molecular weight is 262 g/mol. The fourth-order valence-corrected chi connectivity index (χ4v) is 1.87. The molecule has 19 heavy (non-hydrogen) atoms. The molecule has 0 heterocycles. The Labute approximate surface area is 114 Å². The summed E-state index contributed by atoms with van der Waals surface area (Å²) in [7, 11) is 0. The third-order valence-electron chi connectivity index (χ3n) is 3.39. The van der Waals surface area contributed by atoms with Gasteiger partial charge < -0.3 is 15.8 Å². The maximum absolute atomic E-state index is 11.8. The van der Waals surface area contributed by atoms with Crippen molar-refractivity contribution in [2.75, 3.05) is 24.3 Å². The van der Waals surface area contributed by atoms with Crippen LogP contribution in [0.25, 0.3) is 0 Å². The molecule has 1 fully saturated rings. The first-order valence-electron chi connectivity index (χ1n) is 6.89. The number of hydrogen-bond acceptors (Lipinski definition) is 3. The maximum Gasteiger partial charge on any atom is 0.224 e. The van der Waals surface area contributed by atoms with E-state index in [1.54, 1.807) is 0 Å². The molecular formula is C15H22N2O2. The standard InChI is InChI=1S/C15H22N2O2/c1-11-13(16)4-2-5-14(11)17-15(18)6-3-9-19-10-12-7-8-12/h2,4-5,12H,3,6-10,16H2,1H3,(H,17,18). The van der Waals surface area contributed by atoms with E-state index in [1.807, 2.05) is 25.1 Å². The van der Waals surface area contributed by atoms with Crippen LogP contribution < -0.4 is 11.1 Å². The van der Waals surface area contributed by atoms with Crippen molar-refractivity contribution in [2.45, 2.75) is 32.6 Å². The van der Waals surface area contributed by atoms with Gasteiger partial charge in [-0.05, 0) is 49.8 Å². The predicted octanol–water partition coefficient (Wildman–Crippen LogP) is 2.72. The molecule has 0 aliphatic heterocycles. The average Bonchev–Trinajstić information content (AvgIpc) is 3.19. The molecule has 1 saturated carbocycles. The Bertz CT molecular complexity index is 442. The minimum absolute atomic E-state index is 0.0173. The number of benzene rings is 1. The molecule has 4 nitrogen and oxygen atoms in total. The molecule has 1 aromatic carbocycles. The Morgan fingerprint density at radius 1 is 1.47 bits per heavy atom. The Hall–Kier alpha value is -1.55. The van der Waals surface area contributed by atoms with Crippen molar-refractivity contribution in [3.8, 4) is 0 Å². The van der Waals surface area contributed by atoms with Gasteiger partial charge in [0.15, 0.2) is 0 Å². The minimum atomic E-state index is 0.0173. The summed E-state index contributed by atoms with van der Waals surface area (Å²) in [5.74, 6) is 0.799. The number of rotatable bonds is 7. The molecule has 0 spiro atoms. The minimum Gasteiger partial charge on any atom is -0.398 e. The zero-order valence-electron chi connectivity index (χ0n) is 11.4. The Balaban J connectivity index is 1.66. The summed E-state index contributed by atoms with van der Waals surface area (Å²) in [6, 6.07) is 5.54. The van der Waals surface area contributed by atoms with Crippen LogP contribution in [0, 0.1) is 12.8 Å². The van der Waals surface area contributed by atoms with Crippen LogP contribution in [0.15, 0.2) is 18.2 Å². The summed E-state index contributed by atoms with van der Waals surface area (Å²) in [6.45, 7) is 3.43. The summed E-state index contributed by atoms with van der Waals surface area (Å²) in [5, 5.41) is 2.89. The van der Waals surface area contributed by atoms with Crippen LogP contribution in [-0.2, 0) is 9.53 Å². The van der Waals surface area contributed by atoms with Gasteiger partial charge in [0, 0.05) is 31.0 Å². The van der Waals surface area contributed by atoms with E-state index in [4.69, 9.17) is 10.5 Å². The molecule has 1 aliphatic carbocycles. The van der Waals surface area contributed by atoms with Crippen molar-refractivity contribution in [3.05, 3.63) is 23.8 Å². The lowest BCUT2D eigenvalue weighted by atomic mass is 10.1. The quantitative estimate of drug-likeness (QED) is 0.586. The van der Waals surface area contributed by atoms with Crippen molar-refractivity contribution in [2.24, 2.45) is 5.92 Å². The molecule has 104 valence electrons. The van der Waals surface area contributed by atoms with Gasteiger partial charge in [-0.1, -0.05) is 6.07 Å². The van der Waals surface area contributed by atoms with Gasteiger partial charge in [-0.3, -0.25) is 4.79 Å². The number of ether oxygens (including phenoxy) is 1. The van der Waals surface area contributed by atoms with E-state index >= 15 is 0 Å². The molecule has 3 N–H and O–H groups in total. The number of nitrogens with one attached hydrogen (secondary N) is 1. The number of anilines is 2. The van der Waals surface area contributed by atoms with Crippen LogP contribution in [-0.4, -0.2) is 19.1 Å². The monoisotopic (exact) mass is 262 g/mol. The third-order valence-corrected chi connectivity index (χ3v) is 3.39. The molecule has 2 rings (SSSR count). The van der Waals surface area contributed by atoms with E-state index in [2.05, 4.69) is 5.32 Å². The van der Waals surface area contributed by atoms with Crippen molar-refractivity contribution in [3.63, 3.8) is 0 Å². The summed E-state index contributed by atoms with van der Waals surface area (Å²) in [5.41, 5.74) is 8.21. The molecule has 0 radical (unpaired) electrons. The molecule has 0 saturated heterocycles. The second-order valence-electron chi connectivity index (χ2n) is 5.19. The summed E-state index contributed by atoms with van der Waals surface area (Å²) < 4.78 is 5.50. The normalized spacial score (nSPS) is 14.4. The number of carbonyl (C=O) groups is 1. The van der Waals surface area contributed by atoms with Crippen molar-refractivity contribution in [1.82, 2.24) is 0 Å². The van der Waals surface area contributed by atoms with Crippen molar-refractivity contribution in [1.29, 1.82) is 0 Å². The number of nitrogens with two attached hydrogens (primary N) is 1. The first-order valence-corrected chi connectivity index (χ1v) is 6.89. The smallest absolute Gasteiger partial charge is 0.224 e. The highest BCUT2D eigenvalue weighted by Gasteiger charge is 2.20. The first kappa shape index (κ1) is 13.9. The zero-order valence-corrected chi connectivity index (χ0v) is 11.4. The highest BCUT2D eigenvalue weighted by atomic mass is 16.5. The Morgan fingerprint density at radius 2 is 2.26 bits per heavy atom. The lowest BCUT2D eigenvalue weighted by molar-refractivity contribution is -0.116. The van der Waals surface area contributed by atoms with Crippen LogP contribution in [0.5, 0.6) is 0 Å². The van der Waals surface area contributed by atoms with Gasteiger partial charge in [0.25, 0.3) is 0 Å². The topological polar surface area (TPSA) is 64.3 Å². The molecule has 0 bridgehead atoms. The third kappa shape index (κ3) is 4.56. The second-order valence-corrected chi connectivity index (χ2v) is 5.19.